The molecule has 1 N–H and O–H groups in total. The minimum absolute atomic E-state index is 0.206. The fraction of sp³-hybridized carbons (Fsp3) is 0.533. The van der Waals surface area contributed by atoms with Gasteiger partial charge in [0.15, 0.2) is 6.10 Å². The van der Waals surface area contributed by atoms with Crippen LogP contribution in [0.1, 0.15) is 27.2 Å². The number of benzene rings is 1. The maximum Gasteiger partial charge on any atom is 0.261 e. The summed E-state index contributed by atoms with van der Waals surface area (Å²) in [4.78, 5) is 12.3. The third-order valence-electron chi connectivity index (χ3n) is 3.19. The summed E-state index contributed by atoms with van der Waals surface area (Å²) in [6, 6.07) is 6.86. The number of fused-ring (bicyclic) bond motifs is 1. The van der Waals surface area contributed by atoms with Crippen LogP contribution in [-0.4, -0.2) is 38.8 Å². The van der Waals surface area contributed by atoms with Gasteiger partial charge in [-0.25, -0.2) is 8.42 Å². The molecule has 7 heteroatoms. The quantitative estimate of drug-likeness (QED) is 0.894. The highest BCUT2D eigenvalue weighted by Crippen LogP contribution is 2.33. The fourth-order valence-corrected chi connectivity index (χ4v) is 3.25. The van der Waals surface area contributed by atoms with Crippen molar-refractivity contribution in [2.75, 3.05) is 17.1 Å². The molecule has 0 radical (unpaired) electrons. The molecule has 1 amide bonds. The van der Waals surface area contributed by atoms with E-state index in [4.69, 9.17) is 4.74 Å². The lowest BCUT2D eigenvalue weighted by Gasteiger charge is -2.24. The molecule has 0 spiro atoms. The molecule has 1 aromatic carbocycles. The average Bonchev–Trinajstić information content (AvgIpc) is 2.55. The minimum atomic E-state index is -3.43. The van der Waals surface area contributed by atoms with Gasteiger partial charge in [0.05, 0.1) is 11.9 Å². The summed E-state index contributed by atoms with van der Waals surface area (Å²) in [5.41, 5.74) is 0.0963. The van der Waals surface area contributed by atoms with Crippen molar-refractivity contribution in [3.8, 4) is 5.75 Å². The van der Waals surface area contributed by atoms with Crippen LogP contribution >= 0.6 is 0 Å². The van der Waals surface area contributed by atoms with Gasteiger partial charge >= 0.3 is 0 Å². The van der Waals surface area contributed by atoms with E-state index in [0.29, 0.717) is 17.9 Å². The number of anilines is 1. The third kappa shape index (κ3) is 3.91. The second-order valence-corrected chi connectivity index (χ2v) is 8.34. The van der Waals surface area contributed by atoms with Crippen LogP contribution in [0.5, 0.6) is 5.75 Å². The van der Waals surface area contributed by atoms with Gasteiger partial charge in [0, 0.05) is 18.5 Å². The maximum atomic E-state index is 12.3. The van der Waals surface area contributed by atoms with Gasteiger partial charge in [0.25, 0.3) is 5.91 Å². The number of carbonyl (C=O) groups is 1. The van der Waals surface area contributed by atoms with Crippen LogP contribution in [0.4, 0.5) is 5.69 Å². The van der Waals surface area contributed by atoms with Gasteiger partial charge in [0.2, 0.25) is 10.0 Å². The predicted octanol–water partition coefficient (Wildman–Crippen LogP) is 1.52. The van der Waals surface area contributed by atoms with E-state index in [9.17, 15) is 13.2 Å². The van der Waals surface area contributed by atoms with Crippen molar-refractivity contribution < 1.29 is 17.9 Å². The molecule has 1 aromatic rings. The van der Waals surface area contributed by atoms with Crippen LogP contribution in [-0.2, 0) is 14.8 Å². The van der Waals surface area contributed by atoms with E-state index in [1.165, 1.54) is 4.31 Å². The van der Waals surface area contributed by atoms with E-state index in [0.717, 1.165) is 6.26 Å². The van der Waals surface area contributed by atoms with Crippen molar-refractivity contribution in [2.24, 2.45) is 0 Å². The largest absolute Gasteiger partial charge is 0.478 e. The van der Waals surface area contributed by atoms with Crippen molar-refractivity contribution >= 4 is 21.6 Å². The van der Waals surface area contributed by atoms with Crippen LogP contribution in [0, 0.1) is 0 Å². The number of amides is 1. The predicted molar refractivity (Wildman–Crippen MR) is 85.6 cm³/mol. The van der Waals surface area contributed by atoms with E-state index in [1.807, 2.05) is 20.8 Å². The Labute approximate surface area is 131 Å². The Balaban J connectivity index is 2.32. The molecule has 122 valence electrons. The molecule has 1 aliphatic rings. The van der Waals surface area contributed by atoms with Gasteiger partial charge in [-0.3, -0.25) is 9.10 Å². The van der Waals surface area contributed by atoms with E-state index in [1.54, 1.807) is 24.3 Å². The summed E-state index contributed by atoms with van der Waals surface area (Å²) in [6.45, 7) is 5.87. The molecule has 0 fully saturated rings. The zero-order chi connectivity index (χ0) is 16.5. The number of nitrogens with one attached hydrogen (secondary N) is 1. The molecular formula is C15H22N2O4S. The molecule has 6 nitrogen and oxygen atoms in total. The number of ether oxygens (including phenoxy) is 1. The summed E-state index contributed by atoms with van der Waals surface area (Å²) in [5, 5.41) is 2.87. The van der Waals surface area contributed by atoms with Crippen molar-refractivity contribution in [1.29, 1.82) is 0 Å². The highest BCUT2D eigenvalue weighted by atomic mass is 32.2. The lowest BCUT2D eigenvalue weighted by Crippen LogP contribution is -2.48. The van der Waals surface area contributed by atoms with Gasteiger partial charge in [-0.15, -0.1) is 0 Å². The first-order valence-electron chi connectivity index (χ1n) is 7.13. The second kappa shape index (κ2) is 5.79. The SMILES string of the molecule is CC(C)(C)NC(=O)C1CCN(S(C)(=O)=O)c2ccccc2O1. The molecule has 22 heavy (non-hydrogen) atoms. The van der Waals surface area contributed by atoms with E-state index >= 15 is 0 Å². The summed E-state index contributed by atoms with van der Waals surface area (Å²) < 4.78 is 31.0. The molecule has 2 rings (SSSR count). The molecule has 0 saturated heterocycles. The van der Waals surface area contributed by atoms with Crippen molar-refractivity contribution in [3.63, 3.8) is 0 Å². The summed E-state index contributed by atoms with van der Waals surface area (Å²) in [6.07, 6.45) is 0.732. The van der Waals surface area contributed by atoms with Gasteiger partial charge < -0.3 is 10.1 Å². The molecule has 0 aromatic heterocycles. The summed E-state index contributed by atoms with van der Waals surface area (Å²) in [7, 11) is -3.43. The number of hydrogen-bond donors (Lipinski definition) is 1. The Morgan fingerprint density at radius 1 is 1.32 bits per heavy atom. The minimum Gasteiger partial charge on any atom is -0.478 e. The topological polar surface area (TPSA) is 75.7 Å². The molecule has 0 bridgehead atoms. The van der Waals surface area contributed by atoms with Crippen LogP contribution in [0.2, 0.25) is 0 Å². The van der Waals surface area contributed by atoms with Crippen LogP contribution < -0.4 is 14.4 Å². The van der Waals surface area contributed by atoms with Crippen LogP contribution in [0.3, 0.4) is 0 Å². The summed E-state index contributed by atoms with van der Waals surface area (Å²) in [5.74, 6) is 0.164. The molecule has 1 unspecified atom stereocenters. The molecule has 0 aliphatic carbocycles. The first kappa shape index (κ1) is 16.6. The van der Waals surface area contributed by atoms with Gasteiger partial charge in [-0.05, 0) is 32.9 Å². The maximum absolute atomic E-state index is 12.3. The average molecular weight is 326 g/mol. The lowest BCUT2D eigenvalue weighted by molar-refractivity contribution is -0.129. The van der Waals surface area contributed by atoms with Gasteiger partial charge in [0.1, 0.15) is 5.75 Å². The number of hydrogen-bond acceptors (Lipinski definition) is 4. The molecule has 1 aliphatic heterocycles. The number of para-hydroxylation sites is 2. The van der Waals surface area contributed by atoms with Gasteiger partial charge in [-0.2, -0.15) is 0 Å². The van der Waals surface area contributed by atoms with E-state index in [-0.39, 0.29) is 18.0 Å². The molecule has 0 saturated carbocycles. The smallest absolute Gasteiger partial charge is 0.261 e. The number of sulfonamides is 1. The lowest BCUT2D eigenvalue weighted by atomic mass is 10.1. The standard InChI is InChI=1S/C15H22N2O4S/c1-15(2,3)16-14(18)13-9-10-17(22(4,19)20)11-7-5-6-8-12(11)21-13/h5-8,13H,9-10H2,1-4H3,(H,16,18). The summed E-state index contributed by atoms with van der Waals surface area (Å²) >= 11 is 0. The highest BCUT2D eigenvalue weighted by molar-refractivity contribution is 7.92. The zero-order valence-electron chi connectivity index (χ0n) is 13.3. The molecular weight excluding hydrogens is 304 g/mol. The first-order valence-corrected chi connectivity index (χ1v) is 8.98. The third-order valence-corrected chi connectivity index (χ3v) is 4.37. The van der Waals surface area contributed by atoms with Crippen molar-refractivity contribution in [3.05, 3.63) is 24.3 Å². The molecule has 1 atom stereocenters. The molecule has 1 heterocycles. The van der Waals surface area contributed by atoms with Gasteiger partial charge in [-0.1, -0.05) is 12.1 Å². The fourth-order valence-electron chi connectivity index (χ4n) is 2.31. The Hall–Kier alpha value is -1.76. The zero-order valence-corrected chi connectivity index (χ0v) is 14.1. The Bertz CT molecular complexity index is 664. The monoisotopic (exact) mass is 326 g/mol. The van der Waals surface area contributed by atoms with Crippen LogP contribution in [0.25, 0.3) is 0 Å². The first-order chi connectivity index (χ1) is 10.1. The number of rotatable bonds is 2. The Kier molecular flexibility index (Phi) is 4.37. The normalized spacial score (nSPS) is 18.9. The highest BCUT2D eigenvalue weighted by Gasteiger charge is 2.32. The Morgan fingerprint density at radius 2 is 1.95 bits per heavy atom. The van der Waals surface area contributed by atoms with E-state index in [2.05, 4.69) is 5.32 Å². The second-order valence-electron chi connectivity index (χ2n) is 6.44. The number of nitrogens with zero attached hydrogens (tertiary/aromatic N) is 1. The van der Waals surface area contributed by atoms with Crippen molar-refractivity contribution in [1.82, 2.24) is 5.32 Å². The number of carbonyl (C=O) groups excluding carboxylic acids is 1. The van der Waals surface area contributed by atoms with Crippen LogP contribution in [0.15, 0.2) is 24.3 Å². The van der Waals surface area contributed by atoms with E-state index < -0.39 is 16.1 Å². The van der Waals surface area contributed by atoms with Crippen molar-refractivity contribution in [2.45, 2.75) is 38.8 Å². The Morgan fingerprint density at radius 3 is 2.55 bits per heavy atom.